The number of rotatable bonds is 4. The van der Waals surface area contributed by atoms with Crippen molar-refractivity contribution in [3.63, 3.8) is 0 Å². The Hall–Kier alpha value is -0.830. The summed E-state index contributed by atoms with van der Waals surface area (Å²) in [5.41, 5.74) is -0.0741. The van der Waals surface area contributed by atoms with Gasteiger partial charge in [-0.25, -0.2) is 9.97 Å². The highest BCUT2D eigenvalue weighted by atomic mass is 35.5. The maximum Gasteiger partial charge on any atom is 0.137 e. The van der Waals surface area contributed by atoms with Crippen molar-refractivity contribution in [2.45, 2.75) is 51.9 Å². The van der Waals surface area contributed by atoms with Gasteiger partial charge in [-0.05, 0) is 12.3 Å². The fraction of sp³-hybridized carbons (Fsp3) is 0.714. The van der Waals surface area contributed by atoms with Crippen molar-refractivity contribution in [2.24, 2.45) is 5.92 Å². The molecule has 1 aromatic heterocycles. The zero-order valence-corrected chi connectivity index (χ0v) is 12.2. The lowest BCUT2D eigenvalue weighted by Crippen LogP contribution is -2.19. The van der Waals surface area contributed by atoms with Gasteiger partial charge in [0.25, 0.3) is 0 Å². The number of aromatic nitrogens is 2. The molecule has 18 heavy (non-hydrogen) atoms. The standard InChI is InChI=1S/C14H22ClN3/c1-14(2,3)13-17-11(15)9-12(18-13)16-8-7-10-5-4-6-10/h9-10H,4-8H2,1-3H3,(H,16,17,18). The summed E-state index contributed by atoms with van der Waals surface area (Å²) in [5.74, 6) is 2.55. The first-order chi connectivity index (χ1) is 8.45. The van der Waals surface area contributed by atoms with Crippen LogP contribution in [0.1, 0.15) is 52.3 Å². The maximum atomic E-state index is 6.04. The Morgan fingerprint density at radius 2 is 2.06 bits per heavy atom. The van der Waals surface area contributed by atoms with Gasteiger partial charge in [0.05, 0.1) is 0 Å². The van der Waals surface area contributed by atoms with E-state index >= 15 is 0 Å². The van der Waals surface area contributed by atoms with Gasteiger partial charge < -0.3 is 5.32 Å². The lowest BCUT2D eigenvalue weighted by Gasteiger charge is -2.25. The molecule has 0 saturated heterocycles. The summed E-state index contributed by atoms with van der Waals surface area (Å²) < 4.78 is 0. The average molecular weight is 268 g/mol. The molecule has 0 atom stereocenters. The predicted octanol–water partition coefficient (Wildman–Crippen LogP) is 4.03. The monoisotopic (exact) mass is 267 g/mol. The molecule has 3 nitrogen and oxygen atoms in total. The molecule has 1 aliphatic rings. The molecule has 2 rings (SSSR count). The number of anilines is 1. The van der Waals surface area contributed by atoms with Crippen molar-refractivity contribution in [3.8, 4) is 0 Å². The molecular weight excluding hydrogens is 246 g/mol. The molecule has 0 radical (unpaired) electrons. The highest BCUT2D eigenvalue weighted by molar-refractivity contribution is 6.29. The van der Waals surface area contributed by atoms with Crippen LogP contribution in [0.25, 0.3) is 0 Å². The molecule has 0 aromatic carbocycles. The van der Waals surface area contributed by atoms with Crippen LogP contribution in [0.5, 0.6) is 0 Å². The van der Waals surface area contributed by atoms with E-state index in [1.807, 2.05) is 0 Å². The summed E-state index contributed by atoms with van der Waals surface area (Å²) in [7, 11) is 0. The van der Waals surface area contributed by atoms with Gasteiger partial charge >= 0.3 is 0 Å². The van der Waals surface area contributed by atoms with Crippen LogP contribution in [0.4, 0.5) is 5.82 Å². The zero-order valence-electron chi connectivity index (χ0n) is 11.5. The normalized spacial score (nSPS) is 16.4. The van der Waals surface area contributed by atoms with Crippen LogP contribution in [0.3, 0.4) is 0 Å². The second-order valence-electron chi connectivity index (χ2n) is 6.16. The third kappa shape index (κ3) is 3.58. The molecule has 0 spiro atoms. The number of nitrogens with one attached hydrogen (secondary N) is 1. The van der Waals surface area contributed by atoms with Crippen molar-refractivity contribution in [3.05, 3.63) is 17.0 Å². The Kier molecular flexibility index (Phi) is 4.10. The molecule has 1 heterocycles. The molecule has 100 valence electrons. The van der Waals surface area contributed by atoms with Gasteiger partial charge in [0.2, 0.25) is 0 Å². The Labute approximate surface area is 114 Å². The summed E-state index contributed by atoms with van der Waals surface area (Å²) >= 11 is 6.04. The molecular formula is C14H22ClN3. The van der Waals surface area contributed by atoms with Crippen LogP contribution >= 0.6 is 11.6 Å². The van der Waals surface area contributed by atoms with E-state index in [9.17, 15) is 0 Å². The molecule has 1 N–H and O–H groups in total. The second-order valence-corrected chi connectivity index (χ2v) is 6.55. The highest BCUT2D eigenvalue weighted by Gasteiger charge is 2.19. The van der Waals surface area contributed by atoms with Crippen LogP contribution < -0.4 is 5.32 Å². The molecule has 1 aliphatic carbocycles. The van der Waals surface area contributed by atoms with E-state index in [-0.39, 0.29) is 5.41 Å². The Morgan fingerprint density at radius 1 is 1.33 bits per heavy atom. The molecule has 4 heteroatoms. The van der Waals surface area contributed by atoms with Gasteiger partial charge in [-0.2, -0.15) is 0 Å². The van der Waals surface area contributed by atoms with E-state index in [0.29, 0.717) is 5.15 Å². The van der Waals surface area contributed by atoms with Crippen LogP contribution in [-0.4, -0.2) is 16.5 Å². The maximum absolute atomic E-state index is 6.04. The van der Waals surface area contributed by atoms with Crippen LogP contribution in [0.15, 0.2) is 6.07 Å². The quantitative estimate of drug-likeness (QED) is 0.837. The molecule has 1 saturated carbocycles. The highest BCUT2D eigenvalue weighted by Crippen LogP contribution is 2.29. The second kappa shape index (κ2) is 5.43. The van der Waals surface area contributed by atoms with E-state index in [4.69, 9.17) is 11.6 Å². The Bertz CT molecular complexity index is 408. The minimum Gasteiger partial charge on any atom is -0.370 e. The smallest absolute Gasteiger partial charge is 0.137 e. The largest absolute Gasteiger partial charge is 0.370 e. The van der Waals surface area contributed by atoms with Crippen LogP contribution in [0.2, 0.25) is 5.15 Å². The lowest BCUT2D eigenvalue weighted by molar-refractivity contribution is 0.303. The molecule has 0 amide bonds. The Morgan fingerprint density at radius 3 is 2.61 bits per heavy atom. The van der Waals surface area contributed by atoms with Crippen molar-refractivity contribution >= 4 is 17.4 Å². The van der Waals surface area contributed by atoms with Gasteiger partial charge in [0, 0.05) is 18.0 Å². The fourth-order valence-electron chi connectivity index (χ4n) is 2.03. The first-order valence-electron chi connectivity index (χ1n) is 6.74. The van der Waals surface area contributed by atoms with E-state index in [1.165, 1.54) is 25.7 Å². The number of nitrogens with zero attached hydrogens (tertiary/aromatic N) is 2. The van der Waals surface area contributed by atoms with Gasteiger partial charge in [0.15, 0.2) is 0 Å². The summed E-state index contributed by atoms with van der Waals surface area (Å²) in [6.07, 6.45) is 5.41. The van der Waals surface area contributed by atoms with Gasteiger partial charge in [-0.3, -0.25) is 0 Å². The van der Waals surface area contributed by atoms with Gasteiger partial charge in [-0.15, -0.1) is 0 Å². The average Bonchev–Trinajstić information content (AvgIpc) is 2.20. The summed E-state index contributed by atoms with van der Waals surface area (Å²) in [6.45, 7) is 7.26. The minimum atomic E-state index is -0.0741. The van der Waals surface area contributed by atoms with Crippen molar-refractivity contribution < 1.29 is 0 Å². The van der Waals surface area contributed by atoms with Crippen LogP contribution in [-0.2, 0) is 5.41 Å². The van der Waals surface area contributed by atoms with E-state index in [2.05, 4.69) is 36.1 Å². The first kappa shape index (κ1) is 13.6. The fourth-order valence-corrected chi connectivity index (χ4v) is 2.21. The number of halogens is 1. The number of hydrogen-bond acceptors (Lipinski definition) is 3. The third-order valence-electron chi connectivity index (χ3n) is 3.45. The minimum absolute atomic E-state index is 0.0741. The summed E-state index contributed by atoms with van der Waals surface area (Å²) in [4.78, 5) is 8.83. The van der Waals surface area contributed by atoms with E-state index < -0.39 is 0 Å². The SMILES string of the molecule is CC(C)(C)c1nc(Cl)cc(NCCC2CCC2)n1. The number of hydrogen-bond donors (Lipinski definition) is 1. The molecule has 0 unspecified atom stereocenters. The molecule has 0 aliphatic heterocycles. The van der Waals surface area contributed by atoms with Gasteiger partial charge in [0.1, 0.15) is 16.8 Å². The predicted molar refractivity (Wildman–Crippen MR) is 76.2 cm³/mol. The van der Waals surface area contributed by atoms with Gasteiger partial charge in [-0.1, -0.05) is 51.6 Å². The molecule has 1 fully saturated rings. The topological polar surface area (TPSA) is 37.8 Å². The summed E-state index contributed by atoms with van der Waals surface area (Å²) in [5, 5.41) is 3.88. The zero-order chi connectivity index (χ0) is 13.2. The Balaban J connectivity index is 1.96. The lowest BCUT2D eigenvalue weighted by atomic mass is 9.83. The van der Waals surface area contributed by atoms with E-state index in [0.717, 1.165) is 24.1 Å². The molecule has 0 bridgehead atoms. The summed E-state index contributed by atoms with van der Waals surface area (Å²) in [6, 6.07) is 1.80. The third-order valence-corrected chi connectivity index (χ3v) is 3.64. The molecule has 1 aromatic rings. The van der Waals surface area contributed by atoms with Crippen molar-refractivity contribution in [2.75, 3.05) is 11.9 Å². The first-order valence-corrected chi connectivity index (χ1v) is 7.12. The van der Waals surface area contributed by atoms with Crippen molar-refractivity contribution in [1.82, 2.24) is 9.97 Å². The van der Waals surface area contributed by atoms with E-state index in [1.54, 1.807) is 6.07 Å². The van der Waals surface area contributed by atoms with Crippen molar-refractivity contribution in [1.29, 1.82) is 0 Å². The van der Waals surface area contributed by atoms with Crippen LogP contribution in [0, 0.1) is 5.92 Å².